The lowest BCUT2D eigenvalue weighted by atomic mass is 9.83. The monoisotopic (exact) mass is 261 g/mol. The van der Waals surface area contributed by atoms with Crippen LogP contribution in [0.3, 0.4) is 0 Å². The van der Waals surface area contributed by atoms with Gasteiger partial charge in [-0.15, -0.1) is 0 Å². The first kappa shape index (κ1) is 14.3. The van der Waals surface area contributed by atoms with Crippen LogP contribution in [0.25, 0.3) is 0 Å². The van der Waals surface area contributed by atoms with Crippen molar-refractivity contribution < 1.29 is 0 Å². The molecule has 1 aliphatic rings. The van der Waals surface area contributed by atoms with Gasteiger partial charge in [0.1, 0.15) is 5.82 Å². The molecule has 0 radical (unpaired) electrons. The van der Waals surface area contributed by atoms with Crippen molar-refractivity contribution in [3.63, 3.8) is 0 Å². The number of nitrogens with zero attached hydrogens (tertiary/aromatic N) is 3. The van der Waals surface area contributed by atoms with Crippen LogP contribution in [-0.2, 0) is 5.41 Å². The molecular weight excluding hydrogens is 234 g/mol. The number of likely N-dealkylation sites (N-methyl/N-ethyl adjacent to an activating group) is 1. The molecule has 0 N–H and O–H groups in total. The van der Waals surface area contributed by atoms with E-state index in [2.05, 4.69) is 60.8 Å². The Labute approximate surface area is 117 Å². The zero-order valence-corrected chi connectivity index (χ0v) is 12.8. The molecule has 2 heterocycles. The van der Waals surface area contributed by atoms with E-state index >= 15 is 0 Å². The van der Waals surface area contributed by atoms with Crippen molar-refractivity contribution in [1.82, 2.24) is 9.88 Å². The van der Waals surface area contributed by atoms with Crippen molar-refractivity contribution in [3.05, 3.63) is 23.9 Å². The lowest BCUT2D eigenvalue weighted by molar-refractivity contribution is 0.270. The Balaban J connectivity index is 2.03. The highest BCUT2D eigenvalue weighted by Gasteiger charge is 2.20. The van der Waals surface area contributed by atoms with Crippen LogP contribution in [0.2, 0.25) is 0 Å². The highest BCUT2D eigenvalue weighted by Crippen LogP contribution is 2.27. The fraction of sp³-hybridized carbons (Fsp3) is 0.688. The predicted octanol–water partition coefficient (Wildman–Crippen LogP) is 2.91. The SMILES string of the molecule is CCN1CCN(c2ccc(C(C)(C)CC)cn2)CC1. The topological polar surface area (TPSA) is 19.4 Å². The molecule has 3 heteroatoms. The second-order valence-electron chi connectivity index (χ2n) is 6.06. The summed E-state index contributed by atoms with van der Waals surface area (Å²) >= 11 is 0. The third kappa shape index (κ3) is 3.27. The summed E-state index contributed by atoms with van der Waals surface area (Å²) < 4.78 is 0. The van der Waals surface area contributed by atoms with E-state index < -0.39 is 0 Å². The molecule has 1 aliphatic heterocycles. The first-order valence-corrected chi connectivity index (χ1v) is 7.50. The van der Waals surface area contributed by atoms with Crippen molar-refractivity contribution in [2.75, 3.05) is 37.6 Å². The van der Waals surface area contributed by atoms with Crippen LogP contribution in [0.15, 0.2) is 18.3 Å². The van der Waals surface area contributed by atoms with E-state index in [9.17, 15) is 0 Å². The molecule has 1 fully saturated rings. The van der Waals surface area contributed by atoms with E-state index in [1.807, 2.05) is 0 Å². The molecule has 0 amide bonds. The molecule has 0 unspecified atom stereocenters. The third-order valence-corrected chi connectivity index (χ3v) is 4.56. The zero-order chi connectivity index (χ0) is 13.9. The van der Waals surface area contributed by atoms with Crippen molar-refractivity contribution in [3.8, 4) is 0 Å². The molecule has 0 aromatic carbocycles. The normalized spacial score (nSPS) is 17.8. The lowest BCUT2D eigenvalue weighted by Crippen LogP contribution is -2.46. The summed E-state index contributed by atoms with van der Waals surface area (Å²) in [7, 11) is 0. The standard InChI is InChI=1S/C16H27N3/c1-5-16(3,4)14-7-8-15(17-13-14)19-11-9-18(6-2)10-12-19/h7-8,13H,5-6,9-12H2,1-4H3. The fourth-order valence-corrected chi connectivity index (χ4v) is 2.47. The van der Waals surface area contributed by atoms with Crippen LogP contribution in [0.5, 0.6) is 0 Å². The highest BCUT2D eigenvalue weighted by atomic mass is 15.3. The van der Waals surface area contributed by atoms with Crippen LogP contribution in [0, 0.1) is 0 Å². The first-order valence-electron chi connectivity index (χ1n) is 7.50. The van der Waals surface area contributed by atoms with Crippen LogP contribution >= 0.6 is 0 Å². The van der Waals surface area contributed by atoms with Gasteiger partial charge >= 0.3 is 0 Å². The number of pyridine rings is 1. The average Bonchev–Trinajstić information content (AvgIpc) is 2.47. The molecule has 0 spiro atoms. The van der Waals surface area contributed by atoms with E-state index in [4.69, 9.17) is 0 Å². The van der Waals surface area contributed by atoms with Gasteiger partial charge in [0.15, 0.2) is 0 Å². The number of hydrogen-bond donors (Lipinski definition) is 0. The van der Waals surface area contributed by atoms with Gasteiger partial charge in [-0.1, -0.05) is 33.8 Å². The maximum atomic E-state index is 4.67. The van der Waals surface area contributed by atoms with E-state index in [0.29, 0.717) is 0 Å². The zero-order valence-electron chi connectivity index (χ0n) is 12.8. The molecule has 3 nitrogen and oxygen atoms in total. The molecule has 1 aromatic rings. The minimum absolute atomic E-state index is 0.229. The summed E-state index contributed by atoms with van der Waals surface area (Å²) in [6.45, 7) is 14.7. The van der Waals surface area contributed by atoms with E-state index in [-0.39, 0.29) is 5.41 Å². The van der Waals surface area contributed by atoms with Crippen molar-refractivity contribution in [1.29, 1.82) is 0 Å². The molecule has 0 saturated carbocycles. The third-order valence-electron chi connectivity index (χ3n) is 4.56. The van der Waals surface area contributed by atoms with Crippen LogP contribution < -0.4 is 4.90 Å². The van der Waals surface area contributed by atoms with Crippen molar-refractivity contribution in [2.24, 2.45) is 0 Å². The Morgan fingerprint density at radius 1 is 1.11 bits per heavy atom. The number of rotatable bonds is 4. The summed E-state index contributed by atoms with van der Waals surface area (Å²) in [6, 6.07) is 4.44. The second-order valence-corrected chi connectivity index (χ2v) is 6.06. The Bertz CT molecular complexity index is 389. The Morgan fingerprint density at radius 2 is 1.79 bits per heavy atom. The minimum Gasteiger partial charge on any atom is -0.354 e. The van der Waals surface area contributed by atoms with Gasteiger partial charge in [0, 0.05) is 32.4 Å². The first-order chi connectivity index (χ1) is 9.06. The average molecular weight is 261 g/mol. The molecular formula is C16H27N3. The van der Waals surface area contributed by atoms with E-state index in [1.54, 1.807) is 0 Å². The van der Waals surface area contributed by atoms with Crippen molar-refractivity contribution in [2.45, 2.75) is 39.5 Å². The summed E-state index contributed by atoms with van der Waals surface area (Å²) in [5.74, 6) is 1.13. The van der Waals surface area contributed by atoms with Crippen LogP contribution in [0.1, 0.15) is 39.7 Å². The molecule has 0 atom stereocenters. The van der Waals surface area contributed by atoms with Gasteiger partial charge in [-0.05, 0) is 30.0 Å². The van der Waals surface area contributed by atoms with Crippen molar-refractivity contribution >= 4 is 5.82 Å². The number of piperazine rings is 1. The molecule has 106 valence electrons. The quantitative estimate of drug-likeness (QED) is 0.831. The lowest BCUT2D eigenvalue weighted by Gasteiger charge is -2.35. The van der Waals surface area contributed by atoms with E-state index in [1.165, 1.54) is 5.56 Å². The predicted molar refractivity (Wildman–Crippen MR) is 81.9 cm³/mol. The van der Waals surface area contributed by atoms with Crippen LogP contribution in [0.4, 0.5) is 5.82 Å². The molecule has 1 aromatic heterocycles. The summed E-state index contributed by atoms with van der Waals surface area (Å²) in [4.78, 5) is 9.56. The van der Waals surface area contributed by atoms with Gasteiger partial charge in [-0.25, -0.2) is 4.98 Å². The molecule has 19 heavy (non-hydrogen) atoms. The molecule has 2 rings (SSSR count). The van der Waals surface area contributed by atoms with Gasteiger partial charge in [-0.2, -0.15) is 0 Å². The number of hydrogen-bond acceptors (Lipinski definition) is 3. The Kier molecular flexibility index (Phi) is 4.46. The highest BCUT2D eigenvalue weighted by molar-refractivity contribution is 5.41. The van der Waals surface area contributed by atoms with E-state index in [0.717, 1.165) is 45.0 Å². The van der Waals surface area contributed by atoms with Gasteiger partial charge < -0.3 is 9.80 Å². The summed E-state index contributed by atoms with van der Waals surface area (Å²) in [5.41, 5.74) is 1.57. The summed E-state index contributed by atoms with van der Waals surface area (Å²) in [5, 5.41) is 0. The minimum atomic E-state index is 0.229. The second kappa shape index (κ2) is 5.91. The van der Waals surface area contributed by atoms with Gasteiger partial charge in [0.25, 0.3) is 0 Å². The van der Waals surface area contributed by atoms with Gasteiger partial charge in [-0.3, -0.25) is 0 Å². The molecule has 0 bridgehead atoms. The smallest absolute Gasteiger partial charge is 0.128 e. The maximum Gasteiger partial charge on any atom is 0.128 e. The summed E-state index contributed by atoms with van der Waals surface area (Å²) in [6.07, 6.45) is 3.20. The molecule has 0 aliphatic carbocycles. The van der Waals surface area contributed by atoms with Gasteiger partial charge in [0.05, 0.1) is 0 Å². The Morgan fingerprint density at radius 3 is 2.26 bits per heavy atom. The largest absolute Gasteiger partial charge is 0.354 e. The van der Waals surface area contributed by atoms with Gasteiger partial charge in [0.2, 0.25) is 0 Å². The molecule has 1 saturated heterocycles. The number of aromatic nitrogens is 1. The fourth-order valence-electron chi connectivity index (χ4n) is 2.47. The van der Waals surface area contributed by atoms with Crippen LogP contribution in [-0.4, -0.2) is 42.6 Å². The maximum absolute atomic E-state index is 4.67. The Hall–Kier alpha value is -1.09. The number of anilines is 1.